The average Bonchev–Trinajstić information content (AvgIpc) is 2.27. The van der Waals surface area contributed by atoms with Gasteiger partial charge in [0.15, 0.2) is 0 Å². The lowest BCUT2D eigenvalue weighted by Gasteiger charge is -2.22. The molecule has 0 atom stereocenters. The smallest absolute Gasteiger partial charge is 0.303 e. The maximum atomic E-state index is 11.5. The van der Waals surface area contributed by atoms with Gasteiger partial charge in [0.25, 0.3) is 0 Å². The Morgan fingerprint density at radius 1 is 1.35 bits per heavy atom. The van der Waals surface area contributed by atoms with Crippen LogP contribution >= 0.6 is 0 Å². The van der Waals surface area contributed by atoms with Crippen LogP contribution in [0.2, 0.25) is 0 Å². The zero-order chi connectivity index (χ0) is 12.7. The molecule has 1 aliphatic rings. The summed E-state index contributed by atoms with van der Waals surface area (Å²) in [5, 5.41) is 11.6. The molecule has 0 radical (unpaired) electrons. The Kier molecular flexibility index (Phi) is 5.87. The SMILES string of the molecule is O=C(O)CCCS(=O)(=O)NCC1CCNCC1. The van der Waals surface area contributed by atoms with Crippen LogP contribution in [0, 0.1) is 5.92 Å². The fourth-order valence-corrected chi connectivity index (χ4v) is 2.97. The minimum atomic E-state index is -3.31. The monoisotopic (exact) mass is 264 g/mol. The normalized spacial score (nSPS) is 18.1. The Labute approximate surface area is 102 Å². The van der Waals surface area contributed by atoms with Crippen LogP contribution < -0.4 is 10.0 Å². The Bertz CT molecular complexity index is 336. The van der Waals surface area contributed by atoms with Crippen molar-refractivity contribution in [1.29, 1.82) is 0 Å². The molecule has 7 heteroatoms. The van der Waals surface area contributed by atoms with Crippen molar-refractivity contribution in [2.45, 2.75) is 25.7 Å². The van der Waals surface area contributed by atoms with Crippen LogP contribution in [0.3, 0.4) is 0 Å². The fraction of sp³-hybridized carbons (Fsp3) is 0.900. The molecule has 100 valence electrons. The number of hydrogen-bond acceptors (Lipinski definition) is 4. The van der Waals surface area contributed by atoms with Gasteiger partial charge in [-0.05, 0) is 38.3 Å². The third kappa shape index (κ3) is 6.60. The topological polar surface area (TPSA) is 95.5 Å². The molecule has 17 heavy (non-hydrogen) atoms. The number of carboxylic acids is 1. The molecule has 0 unspecified atom stereocenters. The highest BCUT2D eigenvalue weighted by atomic mass is 32.2. The Balaban J connectivity index is 2.21. The van der Waals surface area contributed by atoms with Crippen LogP contribution in [0.4, 0.5) is 0 Å². The minimum absolute atomic E-state index is 0.103. The van der Waals surface area contributed by atoms with Crippen LogP contribution in [0.25, 0.3) is 0 Å². The Morgan fingerprint density at radius 3 is 2.59 bits per heavy atom. The van der Waals surface area contributed by atoms with Crippen molar-refractivity contribution >= 4 is 16.0 Å². The van der Waals surface area contributed by atoms with E-state index in [0.29, 0.717) is 12.5 Å². The van der Waals surface area contributed by atoms with Gasteiger partial charge in [-0.3, -0.25) is 4.79 Å². The first-order chi connectivity index (χ1) is 7.99. The number of nitrogens with one attached hydrogen (secondary N) is 2. The number of piperidine rings is 1. The van der Waals surface area contributed by atoms with Gasteiger partial charge in [0, 0.05) is 13.0 Å². The van der Waals surface area contributed by atoms with E-state index in [4.69, 9.17) is 5.11 Å². The summed E-state index contributed by atoms with van der Waals surface area (Å²) in [6, 6.07) is 0. The van der Waals surface area contributed by atoms with Crippen molar-refractivity contribution < 1.29 is 18.3 Å². The number of hydrogen-bond donors (Lipinski definition) is 3. The molecule has 0 aromatic heterocycles. The number of rotatable bonds is 7. The predicted molar refractivity (Wildman–Crippen MR) is 64.3 cm³/mol. The molecule has 1 saturated heterocycles. The molecule has 0 aromatic carbocycles. The minimum Gasteiger partial charge on any atom is -0.481 e. The molecule has 0 amide bonds. The Hall–Kier alpha value is -0.660. The average molecular weight is 264 g/mol. The van der Waals surface area contributed by atoms with Crippen molar-refractivity contribution in [2.24, 2.45) is 5.92 Å². The summed E-state index contributed by atoms with van der Waals surface area (Å²) in [5.41, 5.74) is 0. The van der Waals surface area contributed by atoms with E-state index in [1.807, 2.05) is 0 Å². The van der Waals surface area contributed by atoms with Gasteiger partial charge in [-0.25, -0.2) is 13.1 Å². The summed E-state index contributed by atoms with van der Waals surface area (Å²) in [6.45, 7) is 2.34. The largest absolute Gasteiger partial charge is 0.481 e. The first-order valence-electron chi connectivity index (χ1n) is 5.89. The molecule has 1 heterocycles. The second kappa shape index (κ2) is 6.93. The highest BCUT2D eigenvalue weighted by molar-refractivity contribution is 7.89. The quantitative estimate of drug-likeness (QED) is 0.590. The van der Waals surface area contributed by atoms with Gasteiger partial charge >= 0.3 is 5.97 Å². The highest BCUT2D eigenvalue weighted by Gasteiger charge is 2.16. The lowest BCUT2D eigenvalue weighted by molar-refractivity contribution is -0.137. The second-order valence-electron chi connectivity index (χ2n) is 4.36. The number of aliphatic carboxylic acids is 1. The first kappa shape index (κ1) is 14.4. The molecule has 3 N–H and O–H groups in total. The van der Waals surface area contributed by atoms with Crippen LogP contribution in [0.5, 0.6) is 0 Å². The molecular formula is C10H20N2O4S. The first-order valence-corrected chi connectivity index (χ1v) is 7.55. The van der Waals surface area contributed by atoms with E-state index in [2.05, 4.69) is 10.0 Å². The summed E-state index contributed by atoms with van der Waals surface area (Å²) in [5.74, 6) is -0.673. The molecule has 0 aliphatic carbocycles. The highest BCUT2D eigenvalue weighted by Crippen LogP contribution is 2.10. The maximum absolute atomic E-state index is 11.5. The van der Waals surface area contributed by atoms with E-state index in [1.165, 1.54) is 0 Å². The van der Waals surface area contributed by atoms with Gasteiger partial charge in [-0.1, -0.05) is 0 Å². The van der Waals surface area contributed by atoms with E-state index in [1.54, 1.807) is 0 Å². The zero-order valence-corrected chi connectivity index (χ0v) is 10.6. The summed E-state index contributed by atoms with van der Waals surface area (Å²) >= 11 is 0. The van der Waals surface area contributed by atoms with Gasteiger partial charge < -0.3 is 10.4 Å². The van der Waals surface area contributed by atoms with Crippen LogP contribution in [-0.2, 0) is 14.8 Å². The van der Waals surface area contributed by atoms with E-state index >= 15 is 0 Å². The van der Waals surface area contributed by atoms with Gasteiger partial charge in [-0.15, -0.1) is 0 Å². The van der Waals surface area contributed by atoms with Crippen molar-refractivity contribution in [3.8, 4) is 0 Å². The molecule has 0 spiro atoms. The third-order valence-corrected chi connectivity index (χ3v) is 4.29. The standard InChI is InChI=1S/C10H20N2O4S/c13-10(14)2-1-7-17(15,16)12-8-9-3-5-11-6-4-9/h9,11-12H,1-8H2,(H,13,14). The van der Waals surface area contributed by atoms with Gasteiger partial charge in [-0.2, -0.15) is 0 Å². The van der Waals surface area contributed by atoms with E-state index in [0.717, 1.165) is 25.9 Å². The summed E-state index contributed by atoms with van der Waals surface area (Å²) in [4.78, 5) is 10.3. The molecule has 1 aliphatic heterocycles. The lowest BCUT2D eigenvalue weighted by Crippen LogP contribution is -2.36. The molecule has 1 rings (SSSR count). The van der Waals surface area contributed by atoms with Gasteiger partial charge in [0.05, 0.1) is 5.75 Å². The number of carboxylic acid groups (broad SMARTS) is 1. The zero-order valence-electron chi connectivity index (χ0n) is 9.81. The molecule has 0 aromatic rings. The summed E-state index contributed by atoms with van der Waals surface area (Å²) < 4.78 is 25.6. The molecule has 0 saturated carbocycles. The number of carbonyl (C=O) groups is 1. The summed E-state index contributed by atoms with van der Waals surface area (Å²) in [7, 11) is -3.31. The second-order valence-corrected chi connectivity index (χ2v) is 6.28. The number of sulfonamides is 1. The third-order valence-electron chi connectivity index (χ3n) is 2.85. The van der Waals surface area contributed by atoms with Crippen LogP contribution in [0.1, 0.15) is 25.7 Å². The van der Waals surface area contributed by atoms with E-state index < -0.39 is 16.0 Å². The maximum Gasteiger partial charge on any atom is 0.303 e. The van der Waals surface area contributed by atoms with Gasteiger partial charge in [0.1, 0.15) is 0 Å². The molecule has 6 nitrogen and oxygen atoms in total. The van der Waals surface area contributed by atoms with Crippen molar-refractivity contribution in [2.75, 3.05) is 25.4 Å². The van der Waals surface area contributed by atoms with E-state index in [9.17, 15) is 13.2 Å². The molecule has 1 fully saturated rings. The predicted octanol–water partition coefficient (Wildman–Crippen LogP) is -0.230. The Morgan fingerprint density at radius 2 is 2.00 bits per heavy atom. The fourth-order valence-electron chi connectivity index (χ4n) is 1.82. The van der Waals surface area contributed by atoms with Gasteiger partial charge in [0.2, 0.25) is 10.0 Å². The lowest BCUT2D eigenvalue weighted by atomic mass is 9.99. The molecule has 0 bridgehead atoms. The van der Waals surface area contributed by atoms with Crippen LogP contribution in [0.15, 0.2) is 0 Å². The van der Waals surface area contributed by atoms with Crippen molar-refractivity contribution in [3.05, 3.63) is 0 Å². The van der Waals surface area contributed by atoms with Crippen molar-refractivity contribution in [3.63, 3.8) is 0 Å². The summed E-state index contributed by atoms with van der Waals surface area (Å²) in [6.07, 6.45) is 2.03. The van der Waals surface area contributed by atoms with Crippen LogP contribution in [-0.4, -0.2) is 44.9 Å². The van der Waals surface area contributed by atoms with Crippen molar-refractivity contribution in [1.82, 2.24) is 10.0 Å². The van der Waals surface area contributed by atoms with E-state index in [-0.39, 0.29) is 18.6 Å². The molecular weight excluding hydrogens is 244 g/mol.